The van der Waals surface area contributed by atoms with E-state index in [9.17, 15) is 9.59 Å². The summed E-state index contributed by atoms with van der Waals surface area (Å²) in [6.45, 7) is 1.72. The van der Waals surface area contributed by atoms with Crippen LogP contribution >= 0.6 is 0 Å². The predicted molar refractivity (Wildman–Crippen MR) is 142 cm³/mol. The molecule has 0 aliphatic rings. The second-order valence-electron chi connectivity index (χ2n) is 8.22. The zero-order valence-electron chi connectivity index (χ0n) is 20.8. The molecule has 0 spiro atoms. The minimum absolute atomic E-state index is 0.0453. The molecule has 2 aromatic carbocycles. The SMILES string of the molecule is COc1cc2nccc(Oc3ccc(NC(=O)c4cc(C)nn(-c5ccccc5)c4=O)nc3)c2cc1OC. The van der Waals surface area contributed by atoms with E-state index in [1.54, 1.807) is 81.9 Å². The molecule has 0 aliphatic carbocycles. The number of aromatic nitrogens is 4. The molecule has 1 N–H and O–H groups in total. The van der Waals surface area contributed by atoms with E-state index in [1.165, 1.54) is 16.9 Å². The summed E-state index contributed by atoms with van der Waals surface area (Å²) in [5, 5.41) is 7.65. The average molecular weight is 510 g/mol. The van der Waals surface area contributed by atoms with Crippen molar-refractivity contribution in [2.24, 2.45) is 0 Å². The van der Waals surface area contributed by atoms with Gasteiger partial charge in [-0.25, -0.2) is 4.98 Å². The quantitative estimate of drug-likeness (QED) is 0.340. The van der Waals surface area contributed by atoms with E-state index in [4.69, 9.17) is 14.2 Å². The molecule has 3 heterocycles. The summed E-state index contributed by atoms with van der Waals surface area (Å²) >= 11 is 0. The molecule has 0 saturated heterocycles. The highest BCUT2D eigenvalue weighted by atomic mass is 16.5. The topological polar surface area (TPSA) is 117 Å². The maximum atomic E-state index is 13.0. The molecule has 38 heavy (non-hydrogen) atoms. The van der Waals surface area contributed by atoms with E-state index in [1.807, 2.05) is 6.07 Å². The average Bonchev–Trinajstić information content (AvgIpc) is 2.95. The first-order valence-electron chi connectivity index (χ1n) is 11.6. The van der Waals surface area contributed by atoms with E-state index in [2.05, 4.69) is 20.4 Å². The summed E-state index contributed by atoms with van der Waals surface area (Å²) in [6.07, 6.45) is 3.10. The third-order valence-corrected chi connectivity index (χ3v) is 5.69. The summed E-state index contributed by atoms with van der Waals surface area (Å²) in [5.41, 5.74) is 1.18. The Morgan fingerprint density at radius 3 is 2.37 bits per heavy atom. The van der Waals surface area contributed by atoms with Gasteiger partial charge in [0.05, 0.1) is 37.3 Å². The van der Waals surface area contributed by atoms with E-state index < -0.39 is 11.5 Å². The maximum Gasteiger partial charge on any atom is 0.284 e. The summed E-state index contributed by atoms with van der Waals surface area (Å²) in [6, 6.07) is 18.9. The molecule has 0 radical (unpaired) electrons. The standard InChI is InChI=1S/C28H23N5O5/c1-17-13-21(28(35)33(32-17)18-7-5-4-6-8-18)27(34)31-26-10-9-19(16-30-26)38-23-11-12-29-22-15-25(37-3)24(36-2)14-20(22)23/h4-16H,1-3H3,(H,30,31,34). The van der Waals surface area contributed by atoms with Gasteiger partial charge in [-0.3, -0.25) is 14.6 Å². The van der Waals surface area contributed by atoms with Crippen molar-refractivity contribution in [1.29, 1.82) is 0 Å². The Hall–Kier alpha value is -5.25. The molecule has 10 heteroatoms. The second kappa shape index (κ2) is 10.4. The Balaban J connectivity index is 1.36. The van der Waals surface area contributed by atoms with E-state index in [0.29, 0.717) is 39.9 Å². The Kier molecular flexibility index (Phi) is 6.68. The predicted octanol–water partition coefficient (Wildman–Crippen LogP) is 4.55. The first-order chi connectivity index (χ1) is 18.5. The van der Waals surface area contributed by atoms with Gasteiger partial charge >= 0.3 is 0 Å². The highest BCUT2D eigenvalue weighted by molar-refractivity contribution is 6.03. The second-order valence-corrected chi connectivity index (χ2v) is 8.22. The Morgan fingerprint density at radius 2 is 1.66 bits per heavy atom. The molecule has 5 rings (SSSR count). The van der Waals surface area contributed by atoms with Crippen LogP contribution in [-0.2, 0) is 0 Å². The minimum atomic E-state index is -0.590. The number of carbonyl (C=O) groups is 1. The largest absolute Gasteiger partial charge is 0.493 e. The highest BCUT2D eigenvalue weighted by Crippen LogP contribution is 2.36. The number of carbonyl (C=O) groups excluding carboxylic acids is 1. The van der Waals surface area contributed by atoms with Crippen LogP contribution in [0.3, 0.4) is 0 Å². The van der Waals surface area contributed by atoms with Gasteiger partial charge in [-0.2, -0.15) is 9.78 Å². The molecule has 0 bridgehead atoms. The van der Waals surface area contributed by atoms with Crippen molar-refractivity contribution >= 4 is 22.6 Å². The molecular weight excluding hydrogens is 486 g/mol. The van der Waals surface area contributed by atoms with Gasteiger partial charge in [-0.15, -0.1) is 0 Å². The minimum Gasteiger partial charge on any atom is -0.493 e. The van der Waals surface area contributed by atoms with Gasteiger partial charge in [0.2, 0.25) is 0 Å². The van der Waals surface area contributed by atoms with Crippen LogP contribution in [0.15, 0.2) is 83.9 Å². The van der Waals surface area contributed by atoms with Crippen molar-refractivity contribution in [3.05, 3.63) is 101 Å². The zero-order chi connectivity index (χ0) is 26.6. The van der Waals surface area contributed by atoms with Gasteiger partial charge in [-0.1, -0.05) is 18.2 Å². The Morgan fingerprint density at radius 1 is 0.895 bits per heavy atom. The lowest BCUT2D eigenvalue weighted by Gasteiger charge is -2.12. The van der Waals surface area contributed by atoms with Crippen LogP contribution in [0.1, 0.15) is 16.1 Å². The molecule has 0 atom stereocenters. The van der Waals surface area contributed by atoms with E-state index >= 15 is 0 Å². The highest BCUT2D eigenvalue weighted by Gasteiger charge is 2.17. The summed E-state index contributed by atoms with van der Waals surface area (Å²) in [5.74, 6) is 1.76. The van der Waals surface area contributed by atoms with Crippen LogP contribution in [0, 0.1) is 6.92 Å². The molecule has 190 valence electrons. The van der Waals surface area contributed by atoms with Crippen molar-refractivity contribution in [2.45, 2.75) is 6.92 Å². The summed E-state index contributed by atoms with van der Waals surface area (Å²) in [4.78, 5) is 34.6. The lowest BCUT2D eigenvalue weighted by molar-refractivity contribution is 0.102. The number of rotatable bonds is 7. The van der Waals surface area contributed by atoms with Gasteiger partial charge in [0.25, 0.3) is 11.5 Å². The number of fused-ring (bicyclic) bond motifs is 1. The molecule has 0 aliphatic heterocycles. The number of para-hydroxylation sites is 1. The number of pyridine rings is 2. The third-order valence-electron chi connectivity index (χ3n) is 5.69. The van der Waals surface area contributed by atoms with Crippen molar-refractivity contribution in [1.82, 2.24) is 19.7 Å². The number of amides is 1. The number of nitrogens with one attached hydrogen (secondary N) is 1. The zero-order valence-corrected chi connectivity index (χ0v) is 20.8. The van der Waals surface area contributed by atoms with Crippen LogP contribution in [0.2, 0.25) is 0 Å². The number of aryl methyl sites for hydroxylation is 1. The van der Waals surface area contributed by atoms with Crippen LogP contribution in [0.25, 0.3) is 16.6 Å². The molecule has 1 amide bonds. The Bertz CT molecular complexity index is 1680. The lowest BCUT2D eigenvalue weighted by atomic mass is 10.2. The lowest BCUT2D eigenvalue weighted by Crippen LogP contribution is -2.30. The fourth-order valence-electron chi connectivity index (χ4n) is 3.89. The van der Waals surface area contributed by atoms with E-state index in [0.717, 1.165) is 5.39 Å². The fraction of sp³-hybridized carbons (Fsp3) is 0.107. The molecule has 0 fully saturated rings. The number of ether oxygens (including phenoxy) is 3. The van der Waals surface area contributed by atoms with Crippen molar-refractivity contribution in [3.8, 4) is 28.7 Å². The number of anilines is 1. The van der Waals surface area contributed by atoms with Gasteiger partial charge < -0.3 is 19.5 Å². The maximum absolute atomic E-state index is 13.0. The molecule has 3 aromatic heterocycles. The molecular formula is C28H23N5O5. The number of nitrogens with zero attached hydrogens (tertiary/aromatic N) is 4. The normalized spacial score (nSPS) is 10.7. The van der Waals surface area contributed by atoms with Crippen molar-refractivity contribution in [3.63, 3.8) is 0 Å². The molecule has 10 nitrogen and oxygen atoms in total. The number of hydrogen-bond donors (Lipinski definition) is 1. The first kappa shape index (κ1) is 24.4. The van der Waals surface area contributed by atoms with Crippen LogP contribution in [0.5, 0.6) is 23.0 Å². The van der Waals surface area contributed by atoms with Gasteiger partial charge in [0, 0.05) is 17.6 Å². The molecule has 0 saturated carbocycles. The molecule has 5 aromatic rings. The fourth-order valence-corrected chi connectivity index (χ4v) is 3.89. The van der Waals surface area contributed by atoms with Gasteiger partial charge in [0.15, 0.2) is 11.5 Å². The van der Waals surface area contributed by atoms with E-state index in [-0.39, 0.29) is 11.4 Å². The van der Waals surface area contributed by atoms with Crippen LogP contribution in [-0.4, -0.2) is 39.9 Å². The first-order valence-corrected chi connectivity index (χ1v) is 11.6. The van der Waals surface area contributed by atoms with Crippen molar-refractivity contribution < 1.29 is 19.0 Å². The number of benzene rings is 2. The van der Waals surface area contributed by atoms with Crippen molar-refractivity contribution in [2.75, 3.05) is 19.5 Å². The van der Waals surface area contributed by atoms with Crippen LogP contribution in [0.4, 0.5) is 5.82 Å². The van der Waals surface area contributed by atoms with Gasteiger partial charge in [-0.05, 0) is 49.4 Å². The smallest absolute Gasteiger partial charge is 0.284 e. The third kappa shape index (κ3) is 4.87. The summed E-state index contributed by atoms with van der Waals surface area (Å²) < 4.78 is 18.0. The Labute approximate surface area is 217 Å². The number of methoxy groups -OCH3 is 2. The summed E-state index contributed by atoms with van der Waals surface area (Å²) in [7, 11) is 3.12. The monoisotopic (exact) mass is 509 g/mol. The van der Waals surface area contributed by atoms with Crippen LogP contribution < -0.4 is 25.1 Å². The van der Waals surface area contributed by atoms with Gasteiger partial charge in [0.1, 0.15) is 22.9 Å². The molecule has 0 unspecified atom stereocenters. The number of hydrogen-bond acceptors (Lipinski definition) is 8.